The highest BCUT2D eigenvalue weighted by Gasteiger charge is 2.07. The third-order valence-corrected chi connectivity index (χ3v) is 3.00. The van der Waals surface area contributed by atoms with Gasteiger partial charge in [-0.25, -0.2) is 0 Å². The number of rotatable bonds is 4. The van der Waals surface area contributed by atoms with Crippen LogP contribution in [-0.2, 0) is 4.79 Å². The third-order valence-electron chi connectivity index (χ3n) is 3.00. The molecule has 2 rings (SSSR count). The summed E-state index contributed by atoms with van der Waals surface area (Å²) in [6.07, 6.45) is 0. The lowest BCUT2D eigenvalue weighted by Crippen LogP contribution is -2.17. The quantitative estimate of drug-likeness (QED) is 0.892. The molecule has 0 fully saturated rings. The van der Waals surface area contributed by atoms with Gasteiger partial charge in [0.2, 0.25) is 5.91 Å². The summed E-state index contributed by atoms with van der Waals surface area (Å²) in [7, 11) is 0. The van der Waals surface area contributed by atoms with Crippen molar-refractivity contribution in [3.8, 4) is 6.07 Å². The minimum atomic E-state index is -0.0506. The summed E-state index contributed by atoms with van der Waals surface area (Å²) in [5.74, 6) is -0.0594. The first-order valence-electron chi connectivity index (χ1n) is 6.77. The summed E-state index contributed by atoms with van der Waals surface area (Å²) < 4.78 is 0. The molecule has 1 amide bonds. The number of anilines is 3. The van der Waals surface area contributed by atoms with Crippen molar-refractivity contribution in [1.82, 2.24) is 0 Å². The normalized spacial score (nSPS) is 10.0. The molecule has 0 aliphatic heterocycles. The van der Waals surface area contributed by atoms with E-state index in [2.05, 4.69) is 16.7 Å². The van der Waals surface area contributed by atoms with Crippen LogP contribution in [0.1, 0.15) is 19.4 Å². The summed E-state index contributed by atoms with van der Waals surface area (Å²) >= 11 is 0. The van der Waals surface area contributed by atoms with E-state index in [1.165, 1.54) is 0 Å². The Bertz CT molecular complexity index is 669. The molecule has 0 aromatic heterocycles. The Morgan fingerprint density at radius 2 is 1.67 bits per heavy atom. The first-order valence-corrected chi connectivity index (χ1v) is 6.77. The average Bonchev–Trinajstić information content (AvgIpc) is 2.49. The van der Waals surface area contributed by atoms with Crippen molar-refractivity contribution >= 4 is 23.0 Å². The van der Waals surface area contributed by atoms with Crippen molar-refractivity contribution in [1.29, 1.82) is 5.26 Å². The van der Waals surface area contributed by atoms with Gasteiger partial charge in [0, 0.05) is 17.3 Å². The molecular weight excluding hydrogens is 262 g/mol. The molecule has 0 aliphatic carbocycles. The Balaban J connectivity index is 2.09. The summed E-state index contributed by atoms with van der Waals surface area (Å²) in [6, 6.07) is 16.9. The zero-order valence-electron chi connectivity index (χ0n) is 12.1. The van der Waals surface area contributed by atoms with Gasteiger partial charge in [0.25, 0.3) is 0 Å². The molecule has 2 aromatic rings. The first-order chi connectivity index (χ1) is 10.1. The lowest BCUT2D eigenvalue weighted by atomic mass is 10.1. The second kappa shape index (κ2) is 6.58. The molecule has 0 heterocycles. The van der Waals surface area contributed by atoms with E-state index in [1.54, 1.807) is 6.07 Å². The number of amides is 1. The Morgan fingerprint density at radius 1 is 1.05 bits per heavy atom. The van der Waals surface area contributed by atoms with Crippen molar-refractivity contribution in [3.63, 3.8) is 0 Å². The fourth-order valence-corrected chi connectivity index (χ4v) is 1.77. The highest BCUT2D eigenvalue weighted by atomic mass is 16.1. The summed E-state index contributed by atoms with van der Waals surface area (Å²) in [4.78, 5) is 11.6. The number of carbonyl (C=O) groups excluding carboxylic acids is 1. The van der Waals surface area contributed by atoms with Crippen LogP contribution in [0.5, 0.6) is 0 Å². The minimum absolute atomic E-state index is 0.00876. The predicted molar refractivity (Wildman–Crippen MR) is 84.3 cm³/mol. The van der Waals surface area contributed by atoms with Crippen molar-refractivity contribution in [2.24, 2.45) is 5.92 Å². The van der Waals surface area contributed by atoms with Crippen molar-refractivity contribution in [2.45, 2.75) is 13.8 Å². The molecule has 0 saturated carbocycles. The summed E-state index contributed by atoms with van der Waals surface area (Å²) in [6.45, 7) is 3.70. The predicted octanol–water partition coefficient (Wildman–Crippen LogP) is 3.90. The maximum Gasteiger partial charge on any atom is 0.226 e. The molecule has 0 aliphatic rings. The van der Waals surface area contributed by atoms with Crippen molar-refractivity contribution in [3.05, 3.63) is 54.1 Å². The van der Waals surface area contributed by atoms with Crippen LogP contribution in [0.25, 0.3) is 0 Å². The van der Waals surface area contributed by atoms with E-state index in [-0.39, 0.29) is 11.8 Å². The fraction of sp³-hybridized carbons (Fsp3) is 0.176. The molecule has 0 unspecified atom stereocenters. The molecule has 0 atom stereocenters. The van der Waals surface area contributed by atoms with E-state index < -0.39 is 0 Å². The molecule has 0 saturated heterocycles. The molecule has 106 valence electrons. The lowest BCUT2D eigenvalue weighted by Gasteiger charge is -2.10. The first kappa shape index (κ1) is 14.6. The van der Waals surface area contributed by atoms with Gasteiger partial charge in [-0.15, -0.1) is 0 Å². The molecule has 4 heteroatoms. The molecule has 2 N–H and O–H groups in total. The number of hydrogen-bond donors (Lipinski definition) is 2. The molecule has 4 nitrogen and oxygen atoms in total. The second-order valence-corrected chi connectivity index (χ2v) is 5.00. The van der Waals surface area contributed by atoms with Crippen molar-refractivity contribution < 1.29 is 4.79 Å². The number of para-hydroxylation sites is 1. The standard InChI is InChI=1S/C17H17N3O/c1-12(2)17(21)20-15-9-7-14(8-10-15)19-16-6-4-3-5-13(16)11-18/h3-10,12,19H,1-2H3,(H,20,21). The van der Waals surface area contributed by atoms with Crippen LogP contribution >= 0.6 is 0 Å². The molecule has 0 bridgehead atoms. The zero-order valence-corrected chi connectivity index (χ0v) is 12.1. The number of nitriles is 1. The van der Waals surface area contributed by atoms with Crippen LogP contribution in [0.15, 0.2) is 48.5 Å². The van der Waals surface area contributed by atoms with Crippen molar-refractivity contribution in [2.75, 3.05) is 10.6 Å². The molecular formula is C17H17N3O. The van der Waals surface area contributed by atoms with E-state index >= 15 is 0 Å². The topological polar surface area (TPSA) is 64.9 Å². The molecule has 21 heavy (non-hydrogen) atoms. The number of hydrogen-bond acceptors (Lipinski definition) is 3. The number of carbonyl (C=O) groups is 1. The zero-order chi connectivity index (χ0) is 15.2. The maximum atomic E-state index is 11.6. The average molecular weight is 279 g/mol. The largest absolute Gasteiger partial charge is 0.354 e. The highest BCUT2D eigenvalue weighted by Crippen LogP contribution is 2.21. The van der Waals surface area contributed by atoms with Gasteiger partial charge < -0.3 is 10.6 Å². The Kier molecular flexibility index (Phi) is 4.57. The van der Waals surface area contributed by atoms with Gasteiger partial charge in [0.1, 0.15) is 6.07 Å². The van der Waals surface area contributed by atoms with E-state index in [9.17, 15) is 4.79 Å². The Hall–Kier alpha value is -2.80. The summed E-state index contributed by atoms with van der Waals surface area (Å²) in [5.41, 5.74) is 2.97. The second-order valence-electron chi connectivity index (χ2n) is 5.00. The Morgan fingerprint density at radius 3 is 2.29 bits per heavy atom. The molecule has 2 aromatic carbocycles. The SMILES string of the molecule is CC(C)C(=O)Nc1ccc(Nc2ccccc2C#N)cc1. The van der Waals surface area contributed by atoms with Gasteiger partial charge in [-0.2, -0.15) is 5.26 Å². The van der Waals surface area contributed by atoms with Gasteiger partial charge in [-0.1, -0.05) is 26.0 Å². The van der Waals surface area contributed by atoms with Crippen LogP contribution in [0.3, 0.4) is 0 Å². The number of nitrogens with one attached hydrogen (secondary N) is 2. The molecule has 0 spiro atoms. The minimum Gasteiger partial charge on any atom is -0.354 e. The lowest BCUT2D eigenvalue weighted by molar-refractivity contribution is -0.118. The molecule has 0 radical (unpaired) electrons. The van der Waals surface area contributed by atoms with E-state index in [0.717, 1.165) is 17.1 Å². The highest BCUT2D eigenvalue weighted by molar-refractivity contribution is 5.92. The number of nitrogens with zero attached hydrogens (tertiary/aromatic N) is 1. The third kappa shape index (κ3) is 3.83. The van der Waals surface area contributed by atoms with Crippen LogP contribution in [0, 0.1) is 17.2 Å². The van der Waals surface area contributed by atoms with Gasteiger partial charge in [-0.05, 0) is 36.4 Å². The smallest absolute Gasteiger partial charge is 0.226 e. The van der Waals surface area contributed by atoms with Crippen LogP contribution in [0.4, 0.5) is 17.1 Å². The monoisotopic (exact) mass is 279 g/mol. The van der Waals surface area contributed by atoms with Gasteiger partial charge in [-0.3, -0.25) is 4.79 Å². The fourth-order valence-electron chi connectivity index (χ4n) is 1.77. The Labute approximate surface area is 124 Å². The van der Waals surface area contributed by atoms with Gasteiger partial charge in [0.05, 0.1) is 11.3 Å². The van der Waals surface area contributed by atoms with Gasteiger partial charge in [0.15, 0.2) is 0 Å². The maximum absolute atomic E-state index is 11.6. The van der Waals surface area contributed by atoms with Gasteiger partial charge >= 0.3 is 0 Å². The van der Waals surface area contributed by atoms with Crippen LogP contribution in [0.2, 0.25) is 0 Å². The van der Waals surface area contributed by atoms with Crippen LogP contribution < -0.4 is 10.6 Å². The van der Waals surface area contributed by atoms with E-state index in [4.69, 9.17) is 5.26 Å². The number of benzene rings is 2. The van der Waals surface area contributed by atoms with E-state index in [0.29, 0.717) is 5.56 Å². The van der Waals surface area contributed by atoms with E-state index in [1.807, 2.05) is 56.3 Å². The van der Waals surface area contributed by atoms with Crippen LogP contribution in [-0.4, -0.2) is 5.91 Å². The summed E-state index contributed by atoms with van der Waals surface area (Å²) in [5, 5.41) is 15.1.